The van der Waals surface area contributed by atoms with Crippen molar-refractivity contribution in [1.29, 1.82) is 0 Å². The van der Waals surface area contributed by atoms with Gasteiger partial charge >= 0.3 is 0 Å². The maximum Gasteiger partial charge on any atom is 0.245 e. The number of rotatable bonds is 2. The highest BCUT2D eigenvalue weighted by atomic mass is 79.9. The van der Waals surface area contributed by atoms with Crippen molar-refractivity contribution in [2.24, 2.45) is 0 Å². The van der Waals surface area contributed by atoms with Crippen LogP contribution in [-0.4, -0.2) is 49.2 Å². The monoisotopic (exact) mass is 378 g/mol. The predicted octanol–water partition coefficient (Wildman–Crippen LogP) is 1.83. The maximum absolute atomic E-state index is 13.1. The van der Waals surface area contributed by atoms with Crippen LogP contribution in [0, 0.1) is 5.82 Å². The normalized spacial score (nSPS) is 19.9. The number of piperazine rings is 1. The van der Waals surface area contributed by atoms with Crippen LogP contribution in [0.15, 0.2) is 27.6 Å². The van der Waals surface area contributed by atoms with Gasteiger partial charge in [0.2, 0.25) is 15.9 Å². The molecule has 0 aromatic heterocycles. The van der Waals surface area contributed by atoms with E-state index >= 15 is 0 Å². The Morgan fingerprint density at radius 3 is 2.48 bits per heavy atom. The second-order valence-electron chi connectivity index (χ2n) is 5.44. The largest absolute Gasteiger partial charge is 0.343 e. The number of halogens is 2. The Morgan fingerprint density at radius 2 is 1.90 bits per heavy atom. The minimum Gasteiger partial charge on any atom is -0.343 e. The van der Waals surface area contributed by atoms with E-state index in [4.69, 9.17) is 0 Å². The molecule has 2 rings (SSSR count). The minimum absolute atomic E-state index is 0.0469. The van der Waals surface area contributed by atoms with Crippen molar-refractivity contribution in [1.82, 2.24) is 9.21 Å². The summed E-state index contributed by atoms with van der Waals surface area (Å²) in [4.78, 5) is 13.7. The molecule has 8 heteroatoms. The van der Waals surface area contributed by atoms with Gasteiger partial charge in [0.25, 0.3) is 0 Å². The quantitative estimate of drug-likeness (QED) is 0.788. The van der Waals surface area contributed by atoms with E-state index in [2.05, 4.69) is 15.9 Å². The fraction of sp³-hybridized carbons (Fsp3) is 0.462. The van der Waals surface area contributed by atoms with Crippen LogP contribution >= 0.6 is 15.9 Å². The first kappa shape index (κ1) is 16.4. The van der Waals surface area contributed by atoms with Crippen molar-refractivity contribution < 1.29 is 17.6 Å². The van der Waals surface area contributed by atoms with E-state index in [0.717, 1.165) is 12.1 Å². The average molecular weight is 379 g/mol. The van der Waals surface area contributed by atoms with Crippen LogP contribution < -0.4 is 0 Å². The molecule has 0 aliphatic carbocycles. The van der Waals surface area contributed by atoms with E-state index in [0.29, 0.717) is 6.54 Å². The number of sulfonamides is 1. The summed E-state index contributed by atoms with van der Waals surface area (Å²) in [6.45, 7) is 3.65. The van der Waals surface area contributed by atoms with Crippen LogP contribution in [0.4, 0.5) is 4.39 Å². The third-order valence-corrected chi connectivity index (χ3v) is 6.64. The molecule has 0 unspecified atom stereocenters. The molecule has 0 spiro atoms. The molecular weight excluding hydrogens is 363 g/mol. The van der Waals surface area contributed by atoms with E-state index in [1.165, 1.54) is 15.3 Å². The van der Waals surface area contributed by atoms with Crippen molar-refractivity contribution in [3.63, 3.8) is 0 Å². The summed E-state index contributed by atoms with van der Waals surface area (Å²) in [6.07, 6.45) is 0. The average Bonchev–Trinajstić information content (AvgIpc) is 2.35. The van der Waals surface area contributed by atoms with Crippen molar-refractivity contribution in [3.05, 3.63) is 28.5 Å². The second kappa shape index (κ2) is 5.33. The summed E-state index contributed by atoms with van der Waals surface area (Å²) in [7, 11) is -2.26. The van der Waals surface area contributed by atoms with E-state index in [-0.39, 0.29) is 21.8 Å². The van der Waals surface area contributed by atoms with Gasteiger partial charge in [-0.2, -0.15) is 4.31 Å². The predicted molar refractivity (Wildman–Crippen MR) is 79.7 cm³/mol. The van der Waals surface area contributed by atoms with E-state index in [9.17, 15) is 17.6 Å². The maximum atomic E-state index is 13.1. The van der Waals surface area contributed by atoms with Crippen molar-refractivity contribution in [2.75, 3.05) is 20.1 Å². The number of amides is 1. The number of nitrogens with zero attached hydrogens (tertiary/aromatic N) is 2. The molecule has 1 fully saturated rings. The Labute approximate surface area is 131 Å². The summed E-state index contributed by atoms with van der Waals surface area (Å²) in [5, 5.41) is 0. The number of hydrogen-bond donors (Lipinski definition) is 0. The summed E-state index contributed by atoms with van der Waals surface area (Å²) >= 11 is 3.07. The van der Waals surface area contributed by atoms with Crippen molar-refractivity contribution in [3.8, 4) is 0 Å². The van der Waals surface area contributed by atoms with Gasteiger partial charge in [-0.25, -0.2) is 12.8 Å². The van der Waals surface area contributed by atoms with Crippen LogP contribution in [0.5, 0.6) is 0 Å². The van der Waals surface area contributed by atoms with Gasteiger partial charge < -0.3 is 4.90 Å². The third-order valence-electron chi connectivity index (χ3n) is 3.59. The topological polar surface area (TPSA) is 57.7 Å². The first-order valence-corrected chi connectivity index (χ1v) is 8.55. The molecule has 5 nitrogen and oxygen atoms in total. The molecule has 0 bridgehead atoms. The Hall–Kier alpha value is -0.990. The Bertz CT molecular complexity index is 691. The standard InChI is InChI=1S/C13H16BrFN2O3S/c1-13(2)12(18)16(3)6-7-17(13)21(19,20)11-5-4-9(15)8-10(11)14/h4-5,8H,6-7H2,1-3H3. The number of likely N-dealkylation sites (N-methyl/N-ethyl adjacent to an activating group) is 1. The smallest absolute Gasteiger partial charge is 0.245 e. The zero-order chi connectivity index (χ0) is 16.0. The molecule has 1 heterocycles. The molecule has 21 heavy (non-hydrogen) atoms. The lowest BCUT2D eigenvalue weighted by Gasteiger charge is -2.43. The number of hydrogen-bond acceptors (Lipinski definition) is 3. The summed E-state index contributed by atoms with van der Waals surface area (Å²) < 4.78 is 40.0. The molecule has 0 atom stereocenters. The lowest BCUT2D eigenvalue weighted by atomic mass is 10.0. The van der Waals surface area contributed by atoms with E-state index in [1.807, 2.05) is 0 Å². The summed E-state index contributed by atoms with van der Waals surface area (Å²) in [6, 6.07) is 3.38. The molecule has 116 valence electrons. The molecular formula is C13H16BrFN2O3S. The first-order chi connectivity index (χ1) is 9.58. The lowest BCUT2D eigenvalue weighted by molar-refractivity contribution is -0.142. The van der Waals surface area contributed by atoms with Gasteiger partial charge in [0.1, 0.15) is 11.4 Å². The van der Waals surface area contributed by atoms with Gasteiger partial charge in [-0.3, -0.25) is 4.79 Å². The summed E-state index contributed by atoms with van der Waals surface area (Å²) in [5.41, 5.74) is -1.18. The molecule has 1 aliphatic heterocycles. The zero-order valence-corrected chi connectivity index (χ0v) is 14.3. The molecule has 0 N–H and O–H groups in total. The molecule has 1 saturated heterocycles. The lowest BCUT2D eigenvalue weighted by Crippen LogP contribution is -2.63. The third kappa shape index (κ3) is 2.72. The second-order valence-corrected chi connectivity index (χ2v) is 8.12. The number of carbonyl (C=O) groups excluding carboxylic acids is 1. The van der Waals surface area contributed by atoms with E-state index in [1.54, 1.807) is 20.9 Å². The molecule has 1 aromatic rings. The fourth-order valence-corrected chi connectivity index (χ4v) is 5.17. The van der Waals surface area contributed by atoms with Gasteiger partial charge in [-0.15, -0.1) is 0 Å². The SMILES string of the molecule is CN1CCN(S(=O)(=O)c2ccc(F)cc2Br)C(C)(C)C1=O. The molecule has 1 aliphatic rings. The van der Waals surface area contributed by atoms with Crippen LogP contribution in [0.2, 0.25) is 0 Å². The highest BCUT2D eigenvalue weighted by Crippen LogP contribution is 2.32. The Kier molecular flexibility index (Phi) is 4.16. The van der Waals surface area contributed by atoms with Gasteiger partial charge in [-0.05, 0) is 48.0 Å². The van der Waals surface area contributed by atoms with Gasteiger partial charge in [0, 0.05) is 24.6 Å². The van der Waals surface area contributed by atoms with Gasteiger partial charge in [0.05, 0.1) is 4.90 Å². The fourth-order valence-electron chi connectivity index (χ4n) is 2.42. The number of benzene rings is 1. The van der Waals surface area contributed by atoms with Gasteiger partial charge in [-0.1, -0.05) is 0 Å². The zero-order valence-electron chi connectivity index (χ0n) is 11.9. The van der Waals surface area contributed by atoms with Crippen LogP contribution in [0.1, 0.15) is 13.8 Å². The summed E-state index contributed by atoms with van der Waals surface area (Å²) in [5.74, 6) is -0.801. The minimum atomic E-state index is -3.90. The first-order valence-electron chi connectivity index (χ1n) is 6.32. The molecule has 1 aromatic carbocycles. The Morgan fingerprint density at radius 1 is 1.29 bits per heavy atom. The van der Waals surface area contributed by atoms with Crippen molar-refractivity contribution >= 4 is 31.9 Å². The molecule has 0 radical (unpaired) electrons. The Balaban J connectivity index is 2.51. The van der Waals surface area contributed by atoms with Crippen LogP contribution in [0.25, 0.3) is 0 Å². The van der Waals surface area contributed by atoms with Crippen LogP contribution in [-0.2, 0) is 14.8 Å². The highest BCUT2D eigenvalue weighted by Gasteiger charge is 2.47. The molecule has 1 amide bonds. The number of carbonyl (C=O) groups is 1. The van der Waals surface area contributed by atoms with Gasteiger partial charge in [0.15, 0.2) is 0 Å². The molecule has 0 saturated carbocycles. The highest BCUT2D eigenvalue weighted by molar-refractivity contribution is 9.10. The van der Waals surface area contributed by atoms with E-state index < -0.39 is 21.4 Å². The van der Waals surface area contributed by atoms with Crippen molar-refractivity contribution in [2.45, 2.75) is 24.3 Å². The van der Waals surface area contributed by atoms with Crippen LogP contribution in [0.3, 0.4) is 0 Å².